The first-order chi connectivity index (χ1) is 8.15. The van der Waals surface area contributed by atoms with E-state index in [0.29, 0.717) is 12.5 Å². The lowest BCUT2D eigenvalue weighted by atomic mass is 10.3. The monoisotopic (exact) mass is 234 g/mol. The van der Waals surface area contributed by atoms with Crippen molar-refractivity contribution >= 4 is 17.8 Å². The fourth-order valence-electron chi connectivity index (χ4n) is 1.40. The van der Waals surface area contributed by atoms with Gasteiger partial charge in [0.05, 0.1) is 6.26 Å². The molecule has 0 bridgehead atoms. The maximum Gasteiger partial charge on any atom is 0.231 e. The van der Waals surface area contributed by atoms with Crippen LogP contribution in [0.1, 0.15) is 5.76 Å². The van der Waals surface area contributed by atoms with E-state index in [1.165, 1.54) is 0 Å². The summed E-state index contributed by atoms with van der Waals surface area (Å²) in [6.07, 6.45) is 2.41. The van der Waals surface area contributed by atoms with Crippen molar-refractivity contribution in [3.05, 3.63) is 24.2 Å². The van der Waals surface area contributed by atoms with Gasteiger partial charge in [0.1, 0.15) is 5.76 Å². The van der Waals surface area contributed by atoms with Crippen LogP contribution in [0.3, 0.4) is 0 Å². The second-order valence-corrected chi connectivity index (χ2v) is 3.60. The van der Waals surface area contributed by atoms with Crippen LogP contribution >= 0.6 is 0 Å². The summed E-state index contributed by atoms with van der Waals surface area (Å²) in [5, 5.41) is 0. The minimum absolute atomic E-state index is 0.123. The van der Waals surface area contributed by atoms with Crippen LogP contribution in [0.15, 0.2) is 22.8 Å². The first-order valence-corrected chi connectivity index (χ1v) is 5.15. The quantitative estimate of drug-likeness (QED) is 0.783. The average molecular weight is 234 g/mol. The predicted octanol–water partition coefficient (Wildman–Crippen LogP) is 0.308. The van der Waals surface area contributed by atoms with Crippen molar-refractivity contribution in [3.8, 4) is 0 Å². The van der Waals surface area contributed by atoms with Crippen molar-refractivity contribution in [2.45, 2.75) is 6.42 Å². The van der Waals surface area contributed by atoms with Crippen molar-refractivity contribution in [1.82, 2.24) is 15.0 Å². The zero-order valence-electron chi connectivity index (χ0n) is 9.50. The summed E-state index contributed by atoms with van der Waals surface area (Å²) in [7, 11) is 1.86. The average Bonchev–Trinajstić information content (AvgIpc) is 2.77. The van der Waals surface area contributed by atoms with Gasteiger partial charge in [-0.3, -0.25) is 0 Å². The molecule has 7 nitrogen and oxygen atoms in total. The van der Waals surface area contributed by atoms with Crippen molar-refractivity contribution in [3.63, 3.8) is 0 Å². The number of hydrogen-bond acceptors (Lipinski definition) is 7. The standard InChI is InChI=1S/C10H14N6O/c1-16(5-4-7-3-2-6-17-7)10-14-8(11)13-9(12)15-10/h2-3,6H,4-5H2,1H3,(H4,11,12,13,14,15). The molecule has 2 aromatic rings. The molecule has 17 heavy (non-hydrogen) atoms. The molecule has 7 heteroatoms. The van der Waals surface area contributed by atoms with Gasteiger partial charge in [-0.2, -0.15) is 15.0 Å². The molecule has 0 fully saturated rings. The van der Waals surface area contributed by atoms with Crippen LogP contribution in [0, 0.1) is 0 Å². The van der Waals surface area contributed by atoms with Crippen molar-refractivity contribution in [2.75, 3.05) is 30.0 Å². The summed E-state index contributed by atoms with van der Waals surface area (Å²) in [6, 6.07) is 3.78. The van der Waals surface area contributed by atoms with Crippen molar-refractivity contribution in [2.24, 2.45) is 0 Å². The van der Waals surface area contributed by atoms with Crippen LogP contribution in [0.25, 0.3) is 0 Å². The molecule has 0 radical (unpaired) electrons. The molecule has 0 aliphatic heterocycles. The summed E-state index contributed by atoms with van der Waals surface area (Å²) in [6.45, 7) is 0.705. The lowest BCUT2D eigenvalue weighted by molar-refractivity contribution is 0.508. The van der Waals surface area contributed by atoms with Gasteiger partial charge in [-0.1, -0.05) is 0 Å². The van der Waals surface area contributed by atoms with Crippen LogP contribution in [0.2, 0.25) is 0 Å². The molecule has 0 amide bonds. The highest BCUT2D eigenvalue weighted by Crippen LogP contribution is 2.09. The van der Waals surface area contributed by atoms with Crippen LogP contribution < -0.4 is 16.4 Å². The third-order valence-electron chi connectivity index (χ3n) is 2.27. The van der Waals surface area contributed by atoms with E-state index in [4.69, 9.17) is 15.9 Å². The molecule has 0 spiro atoms. The molecule has 2 aromatic heterocycles. The Morgan fingerprint density at radius 3 is 2.53 bits per heavy atom. The smallest absolute Gasteiger partial charge is 0.231 e. The van der Waals surface area contributed by atoms with Crippen LogP contribution in [0.4, 0.5) is 17.8 Å². The van der Waals surface area contributed by atoms with Gasteiger partial charge in [0.15, 0.2) is 0 Å². The molecule has 0 saturated carbocycles. The van der Waals surface area contributed by atoms with Crippen LogP contribution in [0.5, 0.6) is 0 Å². The highest BCUT2D eigenvalue weighted by atomic mass is 16.3. The van der Waals surface area contributed by atoms with Gasteiger partial charge in [0, 0.05) is 20.0 Å². The van der Waals surface area contributed by atoms with E-state index in [2.05, 4.69) is 15.0 Å². The molecule has 2 rings (SSSR count). The molecular weight excluding hydrogens is 220 g/mol. The first kappa shape index (κ1) is 11.2. The third-order valence-corrected chi connectivity index (χ3v) is 2.27. The minimum atomic E-state index is 0.123. The molecule has 0 atom stereocenters. The Morgan fingerprint density at radius 2 is 1.94 bits per heavy atom. The van der Waals surface area contributed by atoms with E-state index in [0.717, 1.165) is 12.2 Å². The molecule has 90 valence electrons. The fourth-order valence-corrected chi connectivity index (χ4v) is 1.40. The summed E-state index contributed by atoms with van der Waals surface area (Å²) in [5.41, 5.74) is 11.0. The lowest BCUT2D eigenvalue weighted by Crippen LogP contribution is -2.23. The molecule has 0 aromatic carbocycles. The highest BCUT2D eigenvalue weighted by molar-refractivity contribution is 5.38. The summed E-state index contributed by atoms with van der Waals surface area (Å²) in [4.78, 5) is 13.6. The largest absolute Gasteiger partial charge is 0.469 e. The first-order valence-electron chi connectivity index (χ1n) is 5.15. The highest BCUT2D eigenvalue weighted by Gasteiger charge is 2.08. The number of nitrogen functional groups attached to an aromatic ring is 2. The number of nitrogens with two attached hydrogens (primary N) is 2. The van der Waals surface area contributed by atoms with Gasteiger partial charge < -0.3 is 20.8 Å². The lowest BCUT2D eigenvalue weighted by Gasteiger charge is -2.16. The van der Waals surface area contributed by atoms with E-state index < -0.39 is 0 Å². The molecule has 4 N–H and O–H groups in total. The molecule has 0 unspecified atom stereocenters. The Bertz CT molecular complexity index is 463. The SMILES string of the molecule is CN(CCc1ccco1)c1nc(N)nc(N)n1. The van der Waals surface area contributed by atoms with E-state index in [9.17, 15) is 0 Å². The molecule has 2 heterocycles. The normalized spacial score (nSPS) is 10.4. The van der Waals surface area contributed by atoms with E-state index in [-0.39, 0.29) is 11.9 Å². The Labute approximate surface area is 98.5 Å². The molecule has 0 saturated heterocycles. The van der Waals surface area contributed by atoms with E-state index in [1.807, 2.05) is 24.1 Å². The number of hydrogen-bond donors (Lipinski definition) is 2. The maximum absolute atomic E-state index is 5.50. The maximum atomic E-state index is 5.50. The summed E-state index contributed by atoms with van der Waals surface area (Å²) >= 11 is 0. The van der Waals surface area contributed by atoms with E-state index >= 15 is 0 Å². The number of nitrogens with zero attached hydrogens (tertiary/aromatic N) is 4. The number of likely N-dealkylation sites (N-methyl/N-ethyl adjacent to an activating group) is 1. The number of furan rings is 1. The minimum Gasteiger partial charge on any atom is -0.469 e. The molecule has 0 aliphatic carbocycles. The Hall–Kier alpha value is -2.31. The van der Waals surface area contributed by atoms with Gasteiger partial charge in [0.2, 0.25) is 17.8 Å². The van der Waals surface area contributed by atoms with Gasteiger partial charge in [-0.15, -0.1) is 0 Å². The topological polar surface area (TPSA) is 107 Å². The molecular formula is C10H14N6O. The Morgan fingerprint density at radius 1 is 1.24 bits per heavy atom. The zero-order valence-corrected chi connectivity index (χ0v) is 9.50. The fraction of sp³-hybridized carbons (Fsp3) is 0.300. The van der Waals surface area contributed by atoms with Gasteiger partial charge in [0.25, 0.3) is 0 Å². The second-order valence-electron chi connectivity index (χ2n) is 3.60. The van der Waals surface area contributed by atoms with Gasteiger partial charge in [-0.05, 0) is 12.1 Å². The van der Waals surface area contributed by atoms with Gasteiger partial charge >= 0.3 is 0 Å². The van der Waals surface area contributed by atoms with Crippen LogP contribution in [-0.2, 0) is 6.42 Å². The summed E-state index contributed by atoms with van der Waals surface area (Å²) in [5.74, 6) is 1.61. The zero-order chi connectivity index (χ0) is 12.3. The number of anilines is 3. The van der Waals surface area contributed by atoms with Crippen molar-refractivity contribution < 1.29 is 4.42 Å². The van der Waals surface area contributed by atoms with Gasteiger partial charge in [-0.25, -0.2) is 0 Å². The Kier molecular flexibility index (Phi) is 3.08. The second kappa shape index (κ2) is 4.69. The predicted molar refractivity (Wildman–Crippen MR) is 64.3 cm³/mol. The molecule has 0 aliphatic rings. The number of aromatic nitrogens is 3. The summed E-state index contributed by atoms with van der Waals surface area (Å²) < 4.78 is 5.24. The number of rotatable bonds is 4. The third kappa shape index (κ3) is 2.83. The van der Waals surface area contributed by atoms with E-state index in [1.54, 1.807) is 6.26 Å². The van der Waals surface area contributed by atoms with Crippen molar-refractivity contribution in [1.29, 1.82) is 0 Å². The Balaban J connectivity index is 2.01. The van der Waals surface area contributed by atoms with Crippen LogP contribution in [-0.4, -0.2) is 28.5 Å².